The van der Waals surface area contributed by atoms with E-state index in [0.717, 1.165) is 5.56 Å². The van der Waals surface area contributed by atoms with E-state index in [9.17, 15) is 9.18 Å². The molecule has 0 atom stereocenters. The van der Waals surface area contributed by atoms with Crippen molar-refractivity contribution in [2.45, 2.75) is 20.5 Å². The van der Waals surface area contributed by atoms with Gasteiger partial charge in [0.15, 0.2) is 0 Å². The fraction of sp³-hybridized carbons (Fsp3) is 0.235. The highest BCUT2D eigenvalue weighted by molar-refractivity contribution is 5.92. The fourth-order valence-corrected chi connectivity index (χ4v) is 1.89. The van der Waals surface area contributed by atoms with Gasteiger partial charge >= 0.3 is 5.97 Å². The van der Waals surface area contributed by atoms with Gasteiger partial charge in [0.1, 0.15) is 23.7 Å². The van der Waals surface area contributed by atoms with Gasteiger partial charge in [-0.15, -0.1) is 0 Å². The molecule has 2 aromatic carbocycles. The smallest absolute Gasteiger partial charge is 0.341 e. The second-order valence-electron chi connectivity index (χ2n) is 4.59. The number of rotatable bonds is 5. The summed E-state index contributed by atoms with van der Waals surface area (Å²) < 4.78 is 24.3. The average Bonchev–Trinajstić information content (AvgIpc) is 2.49. The Kier molecular flexibility index (Phi) is 4.93. The minimum Gasteiger partial charge on any atom is -0.488 e. The van der Waals surface area contributed by atoms with Crippen LogP contribution in [0.15, 0.2) is 42.5 Å². The molecule has 2 aromatic rings. The van der Waals surface area contributed by atoms with Gasteiger partial charge < -0.3 is 9.47 Å². The quantitative estimate of drug-likeness (QED) is 0.783. The Bertz CT molecular complexity index is 623. The molecule has 2 rings (SSSR count). The van der Waals surface area contributed by atoms with Crippen molar-refractivity contribution in [3.63, 3.8) is 0 Å². The molecule has 4 heteroatoms. The molecule has 110 valence electrons. The third-order valence-corrected chi connectivity index (χ3v) is 2.99. The molecule has 0 amide bonds. The molecule has 0 bridgehead atoms. The van der Waals surface area contributed by atoms with Crippen LogP contribution >= 0.6 is 0 Å². The van der Waals surface area contributed by atoms with E-state index < -0.39 is 11.8 Å². The molecular weight excluding hydrogens is 271 g/mol. The SMILES string of the molecule is CCOC(=O)c1cc(C)c(F)cc1OCc1ccccc1. The van der Waals surface area contributed by atoms with E-state index in [-0.39, 0.29) is 24.5 Å². The number of halogens is 1. The van der Waals surface area contributed by atoms with Crippen molar-refractivity contribution in [3.05, 3.63) is 65.0 Å². The van der Waals surface area contributed by atoms with Gasteiger partial charge in [-0.1, -0.05) is 30.3 Å². The molecule has 0 aliphatic carbocycles. The molecule has 3 nitrogen and oxygen atoms in total. The summed E-state index contributed by atoms with van der Waals surface area (Å²) in [7, 11) is 0. The number of esters is 1. The number of aryl methyl sites for hydroxylation is 1. The molecule has 0 spiro atoms. The second-order valence-corrected chi connectivity index (χ2v) is 4.59. The van der Waals surface area contributed by atoms with Crippen molar-refractivity contribution < 1.29 is 18.7 Å². The van der Waals surface area contributed by atoms with Gasteiger partial charge in [0.05, 0.1) is 6.61 Å². The van der Waals surface area contributed by atoms with Crippen molar-refractivity contribution in [3.8, 4) is 5.75 Å². The van der Waals surface area contributed by atoms with Crippen molar-refractivity contribution in [2.75, 3.05) is 6.61 Å². The Morgan fingerprint density at radius 3 is 2.57 bits per heavy atom. The molecule has 0 unspecified atom stereocenters. The van der Waals surface area contributed by atoms with E-state index in [4.69, 9.17) is 9.47 Å². The molecule has 0 N–H and O–H groups in total. The van der Waals surface area contributed by atoms with E-state index in [1.807, 2.05) is 30.3 Å². The lowest BCUT2D eigenvalue weighted by molar-refractivity contribution is 0.0521. The van der Waals surface area contributed by atoms with Gasteiger partial charge in [-0.2, -0.15) is 0 Å². The lowest BCUT2D eigenvalue weighted by Crippen LogP contribution is -2.09. The van der Waals surface area contributed by atoms with Crippen LogP contribution in [-0.2, 0) is 11.3 Å². The molecule has 0 fully saturated rings. The van der Waals surface area contributed by atoms with Gasteiger partial charge in [-0.05, 0) is 31.0 Å². The maximum atomic E-state index is 13.7. The minimum absolute atomic E-state index is 0.195. The summed E-state index contributed by atoms with van der Waals surface area (Å²) in [5.41, 5.74) is 1.56. The van der Waals surface area contributed by atoms with Crippen molar-refractivity contribution in [2.24, 2.45) is 0 Å². The van der Waals surface area contributed by atoms with Crippen LogP contribution in [0.2, 0.25) is 0 Å². The fourth-order valence-electron chi connectivity index (χ4n) is 1.89. The first kappa shape index (κ1) is 15.0. The van der Waals surface area contributed by atoms with E-state index >= 15 is 0 Å². The molecule has 0 aromatic heterocycles. The standard InChI is InChI=1S/C17H17FO3/c1-3-20-17(19)14-9-12(2)15(18)10-16(14)21-11-13-7-5-4-6-8-13/h4-10H,3,11H2,1-2H3. The summed E-state index contributed by atoms with van der Waals surface area (Å²) in [5, 5.41) is 0. The summed E-state index contributed by atoms with van der Waals surface area (Å²) in [6.45, 7) is 3.83. The molecule has 0 radical (unpaired) electrons. The number of hydrogen-bond acceptors (Lipinski definition) is 3. The van der Waals surface area contributed by atoms with E-state index in [1.165, 1.54) is 12.1 Å². The Hall–Kier alpha value is -2.36. The first-order chi connectivity index (χ1) is 10.1. The highest BCUT2D eigenvalue weighted by Crippen LogP contribution is 2.24. The first-order valence-corrected chi connectivity index (χ1v) is 6.75. The van der Waals surface area contributed by atoms with Crippen LogP contribution in [0.5, 0.6) is 5.75 Å². The van der Waals surface area contributed by atoms with Gasteiger partial charge in [0.25, 0.3) is 0 Å². The molecule has 0 heterocycles. The monoisotopic (exact) mass is 288 g/mol. The summed E-state index contributed by atoms with van der Waals surface area (Å²) in [5.74, 6) is -0.727. The topological polar surface area (TPSA) is 35.5 Å². The molecule has 0 aliphatic rings. The van der Waals surface area contributed by atoms with Crippen LogP contribution in [0.25, 0.3) is 0 Å². The van der Waals surface area contributed by atoms with Gasteiger partial charge in [-0.25, -0.2) is 9.18 Å². The van der Waals surface area contributed by atoms with Crippen LogP contribution in [0, 0.1) is 12.7 Å². The van der Waals surface area contributed by atoms with Gasteiger partial charge in [-0.3, -0.25) is 0 Å². The Morgan fingerprint density at radius 2 is 1.90 bits per heavy atom. The third-order valence-electron chi connectivity index (χ3n) is 2.99. The van der Waals surface area contributed by atoms with Crippen LogP contribution < -0.4 is 4.74 Å². The van der Waals surface area contributed by atoms with Gasteiger partial charge in [0, 0.05) is 6.07 Å². The lowest BCUT2D eigenvalue weighted by Gasteiger charge is -2.12. The zero-order valence-electron chi connectivity index (χ0n) is 12.1. The molecule has 21 heavy (non-hydrogen) atoms. The lowest BCUT2D eigenvalue weighted by atomic mass is 10.1. The van der Waals surface area contributed by atoms with Crippen LogP contribution in [-0.4, -0.2) is 12.6 Å². The summed E-state index contributed by atoms with van der Waals surface area (Å²) >= 11 is 0. The number of ether oxygens (including phenoxy) is 2. The minimum atomic E-state index is -0.510. The Morgan fingerprint density at radius 1 is 1.19 bits per heavy atom. The van der Waals surface area contributed by atoms with E-state index in [2.05, 4.69) is 0 Å². The number of carbonyl (C=O) groups excluding carboxylic acids is 1. The molecule has 0 aliphatic heterocycles. The number of hydrogen-bond donors (Lipinski definition) is 0. The van der Waals surface area contributed by atoms with E-state index in [1.54, 1.807) is 13.8 Å². The maximum Gasteiger partial charge on any atom is 0.341 e. The third kappa shape index (κ3) is 3.81. The normalized spacial score (nSPS) is 10.2. The number of benzene rings is 2. The number of carbonyl (C=O) groups is 1. The zero-order valence-corrected chi connectivity index (χ0v) is 12.1. The average molecular weight is 288 g/mol. The summed E-state index contributed by atoms with van der Waals surface area (Å²) in [6.07, 6.45) is 0. The Labute approximate surface area is 123 Å². The predicted octanol–water partition coefficient (Wildman–Crippen LogP) is 3.89. The largest absolute Gasteiger partial charge is 0.488 e. The van der Waals surface area contributed by atoms with E-state index in [0.29, 0.717) is 5.56 Å². The van der Waals surface area contributed by atoms with Crippen LogP contribution in [0.1, 0.15) is 28.4 Å². The molecular formula is C17H17FO3. The first-order valence-electron chi connectivity index (χ1n) is 6.75. The van der Waals surface area contributed by atoms with Crippen molar-refractivity contribution in [1.29, 1.82) is 0 Å². The molecule has 0 saturated heterocycles. The molecule has 0 saturated carbocycles. The maximum absolute atomic E-state index is 13.7. The highest BCUT2D eigenvalue weighted by atomic mass is 19.1. The zero-order chi connectivity index (χ0) is 15.2. The van der Waals surface area contributed by atoms with Gasteiger partial charge in [0.2, 0.25) is 0 Å². The predicted molar refractivity (Wildman–Crippen MR) is 77.9 cm³/mol. The highest BCUT2D eigenvalue weighted by Gasteiger charge is 2.16. The summed E-state index contributed by atoms with van der Waals surface area (Å²) in [4.78, 5) is 11.9. The second kappa shape index (κ2) is 6.88. The van der Waals surface area contributed by atoms with Crippen molar-refractivity contribution in [1.82, 2.24) is 0 Å². The van der Waals surface area contributed by atoms with Crippen LogP contribution in [0.4, 0.5) is 4.39 Å². The van der Waals surface area contributed by atoms with Crippen molar-refractivity contribution >= 4 is 5.97 Å². The van der Waals surface area contributed by atoms with Crippen LogP contribution in [0.3, 0.4) is 0 Å². The Balaban J connectivity index is 2.24. The summed E-state index contributed by atoms with van der Waals surface area (Å²) in [6, 6.07) is 12.2.